The lowest BCUT2D eigenvalue weighted by molar-refractivity contribution is -0.117. The summed E-state index contributed by atoms with van der Waals surface area (Å²) in [6.07, 6.45) is 2.70. The summed E-state index contributed by atoms with van der Waals surface area (Å²) in [5.41, 5.74) is 5.95. The second-order valence-electron chi connectivity index (χ2n) is 7.29. The van der Waals surface area contributed by atoms with Crippen molar-refractivity contribution in [3.8, 4) is 0 Å². The van der Waals surface area contributed by atoms with Crippen LogP contribution in [0.4, 0.5) is 16.5 Å². The van der Waals surface area contributed by atoms with Gasteiger partial charge in [-0.3, -0.25) is 9.20 Å². The molecule has 3 aromatic heterocycles. The third kappa shape index (κ3) is 2.86. The Hall–Kier alpha value is -3.12. The number of aromatic nitrogens is 2. The zero-order valence-corrected chi connectivity index (χ0v) is 16.5. The average Bonchev–Trinajstić information content (AvgIpc) is 3.30. The highest BCUT2D eigenvalue weighted by Gasteiger charge is 2.32. The Labute approximate surface area is 167 Å². The number of anilines is 3. The molecule has 1 amide bonds. The largest absolute Gasteiger partial charge is 0.331 e. The van der Waals surface area contributed by atoms with Gasteiger partial charge in [0.2, 0.25) is 5.91 Å². The van der Waals surface area contributed by atoms with Crippen LogP contribution in [0.1, 0.15) is 28.3 Å². The van der Waals surface area contributed by atoms with Crippen molar-refractivity contribution >= 4 is 39.4 Å². The number of amides is 1. The third-order valence-corrected chi connectivity index (χ3v) is 5.94. The van der Waals surface area contributed by atoms with Gasteiger partial charge in [-0.25, -0.2) is 4.98 Å². The van der Waals surface area contributed by atoms with Crippen LogP contribution in [0.5, 0.6) is 0 Å². The summed E-state index contributed by atoms with van der Waals surface area (Å²) in [5, 5.41) is 9.63. The standard InChI is InChI=1S/C22H20N4OS/c1-13-5-7-15-11-16(22(27)23-17(15)10-13)20-21(25-19-4-3-9-28-19)26-12-14(2)6-8-18(26)24-20/h3-10,12,16,25H,11H2,1-2H3,(H,23,27). The van der Waals surface area contributed by atoms with E-state index in [0.717, 1.165) is 44.5 Å². The van der Waals surface area contributed by atoms with Gasteiger partial charge in [-0.1, -0.05) is 18.2 Å². The lowest BCUT2D eigenvalue weighted by atomic mass is 9.90. The monoisotopic (exact) mass is 388 g/mol. The van der Waals surface area contributed by atoms with Gasteiger partial charge in [0.05, 0.1) is 16.6 Å². The summed E-state index contributed by atoms with van der Waals surface area (Å²) in [5.74, 6) is 0.516. The maximum absolute atomic E-state index is 13.0. The van der Waals surface area contributed by atoms with Crippen LogP contribution in [0.2, 0.25) is 0 Å². The number of thiophene rings is 1. The zero-order chi connectivity index (χ0) is 19.3. The Bertz CT molecular complexity index is 1190. The van der Waals surface area contributed by atoms with E-state index in [0.29, 0.717) is 6.42 Å². The van der Waals surface area contributed by atoms with Crippen molar-refractivity contribution in [3.63, 3.8) is 0 Å². The van der Waals surface area contributed by atoms with E-state index in [9.17, 15) is 4.79 Å². The van der Waals surface area contributed by atoms with E-state index in [1.807, 2.05) is 47.0 Å². The predicted octanol–water partition coefficient (Wildman–Crippen LogP) is 5.03. The van der Waals surface area contributed by atoms with Gasteiger partial charge >= 0.3 is 0 Å². The maximum atomic E-state index is 13.0. The number of carbonyl (C=O) groups is 1. The molecule has 0 bridgehead atoms. The number of fused-ring (bicyclic) bond motifs is 2. The number of rotatable bonds is 3. The topological polar surface area (TPSA) is 58.4 Å². The number of nitrogens with zero attached hydrogens (tertiary/aromatic N) is 2. The quantitative estimate of drug-likeness (QED) is 0.517. The molecule has 140 valence electrons. The minimum atomic E-state index is -0.335. The number of aryl methyl sites for hydroxylation is 2. The fourth-order valence-corrected chi connectivity index (χ4v) is 4.36. The summed E-state index contributed by atoms with van der Waals surface area (Å²) in [6.45, 7) is 4.09. The molecule has 4 heterocycles. The second kappa shape index (κ2) is 6.49. The Morgan fingerprint density at radius 2 is 2.04 bits per heavy atom. The van der Waals surface area contributed by atoms with Crippen LogP contribution in [0, 0.1) is 13.8 Å². The van der Waals surface area contributed by atoms with Crippen molar-refractivity contribution in [3.05, 3.63) is 76.4 Å². The Morgan fingerprint density at radius 1 is 1.18 bits per heavy atom. The van der Waals surface area contributed by atoms with E-state index in [1.54, 1.807) is 11.3 Å². The number of hydrogen-bond donors (Lipinski definition) is 2. The van der Waals surface area contributed by atoms with Crippen LogP contribution >= 0.6 is 11.3 Å². The SMILES string of the molecule is Cc1ccc2c(c1)NC(=O)C(c1nc3ccc(C)cn3c1Nc1cccs1)C2. The van der Waals surface area contributed by atoms with Crippen LogP contribution in [0.15, 0.2) is 54.0 Å². The molecule has 0 saturated carbocycles. The van der Waals surface area contributed by atoms with Crippen molar-refractivity contribution in [2.45, 2.75) is 26.2 Å². The predicted molar refractivity (Wildman–Crippen MR) is 114 cm³/mol. The molecule has 2 N–H and O–H groups in total. The smallest absolute Gasteiger partial charge is 0.234 e. The highest BCUT2D eigenvalue weighted by Crippen LogP contribution is 2.37. The van der Waals surface area contributed by atoms with Crippen LogP contribution in [0.3, 0.4) is 0 Å². The number of hydrogen-bond acceptors (Lipinski definition) is 4. The fourth-order valence-electron chi connectivity index (χ4n) is 3.74. The molecule has 0 radical (unpaired) electrons. The highest BCUT2D eigenvalue weighted by molar-refractivity contribution is 7.14. The normalized spacial score (nSPS) is 16.1. The van der Waals surface area contributed by atoms with Crippen molar-refractivity contribution in [2.75, 3.05) is 10.6 Å². The Balaban J connectivity index is 1.63. The molecule has 1 aliphatic rings. The lowest BCUT2D eigenvalue weighted by Gasteiger charge is -2.24. The molecule has 1 aromatic carbocycles. The fraction of sp³-hybridized carbons (Fsp3) is 0.182. The van der Waals surface area contributed by atoms with E-state index < -0.39 is 0 Å². The molecular weight excluding hydrogens is 368 g/mol. The Morgan fingerprint density at radius 3 is 2.86 bits per heavy atom. The molecule has 0 aliphatic carbocycles. The van der Waals surface area contributed by atoms with Gasteiger partial charge in [0.25, 0.3) is 0 Å². The van der Waals surface area contributed by atoms with Gasteiger partial charge in [-0.2, -0.15) is 0 Å². The van der Waals surface area contributed by atoms with Gasteiger partial charge in [0, 0.05) is 11.9 Å². The zero-order valence-electron chi connectivity index (χ0n) is 15.7. The molecule has 5 rings (SSSR count). The molecule has 0 fully saturated rings. The second-order valence-corrected chi connectivity index (χ2v) is 8.24. The molecule has 5 nitrogen and oxygen atoms in total. The van der Waals surface area contributed by atoms with Crippen LogP contribution < -0.4 is 10.6 Å². The van der Waals surface area contributed by atoms with Gasteiger partial charge in [-0.05, 0) is 66.6 Å². The molecular formula is C22H20N4OS. The first-order valence-electron chi connectivity index (χ1n) is 9.28. The number of carbonyl (C=O) groups excluding carboxylic acids is 1. The number of benzene rings is 1. The summed E-state index contributed by atoms with van der Waals surface area (Å²) in [7, 11) is 0. The summed E-state index contributed by atoms with van der Waals surface area (Å²) in [4.78, 5) is 17.8. The van der Waals surface area contributed by atoms with E-state index in [4.69, 9.17) is 4.98 Å². The number of nitrogens with one attached hydrogen (secondary N) is 2. The van der Waals surface area contributed by atoms with Gasteiger partial charge in [0.1, 0.15) is 11.5 Å². The van der Waals surface area contributed by atoms with Crippen molar-refractivity contribution in [1.29, 1.82) is 0 Å². The number of pyridine rings is 1. The van der Waals surface area contributed by atoms with Crippen LogP contribution in [-0.4, -0.2) is 15.3 Å². The van der Waals surface area contributed by atoms with Crippen LogP contribution in [-0.2, 0) is 11.2 Å². The average molecular weight is 388 g/mol. The molecule has 6 heteroatoms. The molecule has 0 saturated heterocycles. The van der Waals surface area contributed by atoms with Gasteiger partial charge in [-0.15, -0.1) is 11.3 Å². The lowest BCUT2D eigenvalue weighted by Crippen LogP contribution is -2.29. The third-order valence-electron chi connectivity index (χ3n) is 5.15. The summed E-state index contributed by atoms with van der Waals surface area (Å²) >= 11 is 1.63. The molecule has 1 atom stereocenters. The number of imidazole rings is 1. The van der Waals surface area contributed by atoms with Gasteiger partial charge in [0.15, 0.2) is 0 Å². The first kappa shape index (κ1) is 17.0. The first-order valence-corrected chi connectivity index (χ1v) is 10.2. The van der Waals surface area contributed by atoms with E-state index in [2.05, 4.69) is 35.9 Å². The molecule has 1 unspecified atom stereocenters. The summed E-state index contributed by atoms with van der Waals surface area (Å²) < 4.78 is 2.04. The van der Waals surface area contributed by atoms with Crippen molar-refractivity contribution in [2.24, 2.45) is 0 Å². The van der Waals surface area contributed by atoms with E-state index >= 15 is 0 Å². The molecule has 28 heavy (non-hydrogen) atoms. The maximum Gasteiger partial charge on any atom is 0.234 e. The highest BCUT2D eigenvalue weighted by atomic mass is 32.1. The van der Waals surface area contributed by atoms with Crippen molar-refractivity contribution < 1.29 is 4.79 Å². The van der Waals surface area contributed by atoms with Crippen LogP contribution in [0.25, 0.3) is 5.65 Å². The van der Waals surface area contributed by atoms with E-state index in [1.165, 1.54) is 0 Å². The minimum Gasteiger partial charge on any atom is -0.331 e. The van der Waals surface area contributed by atoms with E-state index in [-0.39, 0.29) is 11.8 Å². The Kier molecular flexibility index (Phi) is 3.94. The summed E-state index contributed by atoms with van der Waals surface area (Å²) in [6, 6.07) is 14.3. The molecule has 0 spiro atoms. The minimum absolute atomic E-state index is 0.00698. The molecule has 1 aliphatic heterocycles. The first-order chi connectivity index (χ1) is 13.6. The van der Waals surface area contributed by atoms with Gasteiger partial charge < -0.3 is 10.6 Å². The van der Waals surface area contributed by atoms with Crippen molar-refractivity contribution in [1.82, 2.24) is 9.38 Å². The molecule has 4 aromatic rings.